The first-order chi connectivity index (χ1) is 11.6. The van der Waals surface area contributed by atoms with Crippen molar-refractivity contribution in [2.75, 3.05) is 0 Å². The highest BCUT2D eigenvalue weighted by molar-refractivity contribution is 5.87. The fourth-order valence-corrected chi connectivity index (χ4v) is 7.41. The van der Waals surface area contributed by atoms with Crippen molar-refractivity contribution in [1.29, 1.82) is 0 Å². The number of fused-ring (bicyclic) bond motifs is 5. The molecule has 0 heterocycles. The number of allylic oxidation sites excluding steroid dienone is 2. The third kappa shape index (κ3) is 2.02. The average molecular weight is 344 g/mol. The van der Waals surface area contributed by atoms with Crippen LogP contribution in [0.15, 0.2) is 11.6 Å². The second kappa shape index (κ2) is 5.28. The number of hydrogen-bond donors (Lipinski definition) is 1. The number of Topliss-reactive ketones (excluding diaryl/α,β-unsaturated/α-hetero) is 2. The van der Waals surface area contributed by atoms with Crippen LogP contribution in [-0.2, 0) is 9.59 Å². The lowest BCUT2D eigenvalue weighted by Crippen LogP contribution is -2.56. The third-order valence-corrected chi connectivity index (χ3v) is 8.96. The molecular weight excluding hydrogens is 312 g/mol. The molecule has 0 amide bonds. The van der Waals surface area contributed by atoms with Crippen LogP contribution in [-0.4, -0.2) is 22.3 Å². The summed E-state index contributed by atoms with van der Waals surface area (Å²) in [4.78, 5) is 24.4. The largest absolute Gasteiger partial charge is 0.381 e. The van der Waals surface area contributed by atoms with Crippen molar-refractivity contribution in [2.24, 2.45) is 34.5 Å². The summed E-state index contributed by atoms with van der Waals surface area (Å²) in [6.45, 7) is 8.14. The van der Waals surface area contributed by atoms with E-state index in [1.165, 1.54) is 0 Å². The summed E-state index contributed by atoms with van der Waals surface area (Å²) in [5.74, 6) is 1.74. The molecule has 4 aliphatic rings. The fraction of sp³-hybridized carbons (Fsp3) is 0.818. The van der Waals surface area contributed by atoms with Crippen molar-refractivity contribution >= 4 is 11.6 Å². The summed E-state index contributed by atoms with van der Waals surface area (Å²) in [5.41, 5.74) is 0.164. The van der Waals surface area contributed by atoms with Crippen LogP contribution in [0.2, 0.25) is 0 Å². The SMILES string of the molecule is CC(=O)C1(O)C(C)CC2C3CCC4CC(=O)CCC4(C)C3=CCC21C. The smallest absolute Gasteiger partial charge is 0.162 e. The van der Waals surface area contributed by atoms with Gasteiger partial charge >= 0.3 is 0 Å². The van der Waals surface area contributed by atoms with Gasteiger partial charge in [0, 0.05) is 18.3 Å². The summed E-state index contributed by atoms with van der Waals surface area (Å²) >= 11 is 0. The van der Waals surface area contributed by atoms with E-state index in [2.05, 4.69) is 26.8 Å². The lowest BCUT2D eigenvalue weighted by Gasteiger charge is -2.56. The van der Waals surface area contributed by atoms with Crippen molar-refractivity contribution in [3.8, 4) is 0 Å². The van der Waals surface area contributed by atoms with E-state index < -0.39 is 5.60 Å². The second-order valence-electron chi connectivity index (χ2n) is 9.89. The third-order valence-electron chi connectivity index (χ3n) is 8.96. The van der Waals surface area contributed by atoms with Gasteiger partial charge in [-0.1, -0.05) is 32.4 Å². The van der Waals surface area contributed by atoms with Gasteiger partial charge in [0.25, 0.3) is 0 Å². The second-order valence-corrected chi connectivity index (χ2v) is 9.89. The van der Waals surface area contributed by atoms with Gasteiger partial charge in [-0.05, 0) is 68.1 Å². The van der Waals surface area contributed by atoms with Crippen LogP contribution in [0, 0.1) is 34.5 Å². The number of ketones is 2. The molecule has 0 spiro atoms. The van der Waals surface area contributed by atoms with Gasteiger partial charge in [-0.3, -0.25) is 9.59 Å². The molecule has 25 heavy (non-hydrogen) atoms. The Hall–Kier alpha value is -0.960. The number of hydrogen-bond acceptors (Lipinski definition) is 3. The number of carbonyl (C=O) groups is 2. The molecule has 7 unspecified atom stereocenters. The van der Waals surface area contributed by atoms with E-state index in [0.29, 0.717) is 30.0 Å². The number of carbonyl (C=O) groups excluding carboxylic acids is 2. The molecular formula is C22H32O3. The maximum atomic E-state index is 12.4. The summed E-state index contributed by atoms with van der Waals surface area (Å²) in [6, 6.07) is 0. The summed E-state index contributed by atoms with van der Waals surface area (Å²) < 4.78 is 0. The molecule has 4 aliphatic carbocycles. The van der Waals surface area contributed by atoms with Crippen molar-refractivity contribution in [3.05, 3.63) is 11.6 Å². The minimum atomic E-state index is -1.19. The van der Waals surface area contributed by atoms with E-state index in [1.807, 2.05) is 0 Å². The molecule has 3 saturated carbocycles. The summed E-state index contributed by atoms with van der Waals surface area (Å²) in [5, 5.41) is 11.4. The zero-order valence-corrected chi connectivity index (χ0v) is 16.1. The van der Waals surface area contributed by atoms with Crippen LogP contribution in [0.5, 0.6) is 0 Å². The molecule has 7 atom stereocenters. The highest BCUT2D eigenvalue weighted by Gasteiger charge is 2.66. The van der Waals surface area contributed by atoms with Gasteiger partial charge in [0.05, 0.1) is 0 Å². The van der Waals surface area contributed by atoms with Gasteiger partial charge in [0.2, 0.25) is 0 Å². The molecule has 1 N–H and O–H groups in total. The van der Waals surface area contributed by atoms with E-state index in [1.54, 1.807) is 12.5 Å². The molecule has 0 aromatic carbocycles. The van der Waals surface area contributed by atoms with E-state index in [4.69, 9.17) is 0 Å². The average Bonchev–Trinajstić information content (AvgIpc) is 2.77. The Kier molecular flexibility index (Phi) is 3.69. The van der Waals surface area contributed by atoms with Crippen LogP contribution >= 0.6 is 0 Å². The molecule has 0 aliphatic heterocycles. The quantitative estimate of drug-likeness (QED) is 0.729. The Morgan fingerprint density at radius 3 is 2.68 bits per heavy atom. The number of aliphatic hydroxyl groups is 1. The summed E-state index contributed by atoms with van der Waals surface area (Å²) in [6.07, 6.45) is 8.77. The minimum Gasteiger partial charge on any atom is -0.381 e. The first-order valence-corrected chi connectivity index (χ1v) is 10.1. The van der Waals surface area contributed by atoms with Crippen molar-refractivity contribution in [1.82, 2.24) is 0 Å². The van der Waals surface area contributed by atoms with Gasteiger partial charge in [-0.15, -0.1) is 0 Å². The maximum Gasteiger partial charge on any atom is 0.162 e. The molecule has 0 bridgehead atoms. The Morgan fingerprint density at radius 1 is 1.28 bits per heavy atom. The van der Waals surface area contributed by atoms with Crippen LogP contribution in [0.4, 0.5) is 0 Å². The van der Waals surface area contributed by atoms with Gasteiger partial charge in [-0.2, -0.15) is 0 Å². The minimum absolute atomic E-state index is 0.0196. The topological polar surface area (TPSA) is 54.4 Å². The van der Waals surface area contributed by atoms with Crippen molar-refractivity contribution in [3.63, 3.8) is 0 Å². The Labute approximate surface area is 151 Å². The molecule has 0 saturated heterocycles. The van der Waals surface area contributed by atoms with Crippen molar-refractivity contribution in [2.45, 2.75) is 78.2 Å². The zero-order valence-electron chi connectivity index (χ0n) is 16.1. The standard InChI is InChI=1S/C22H32O3/c1-13-11-19-17-6-5-15-12-16(24)7-9-20(15,3)18(17)8-10-21(19,4)22(13,25)14(2)23/h8,13,15,17,19,25H,5-7,9-12H2,1-4H3. The first kappa shape index (κ1) is 17.5. The molecule has 0 aromatic rings. The van der Waals surface area contributed by atoms with Crippen LogP contribution in [0.3, 0.4) is 0 Å². The molecule has 4 rings (SSSR count). The fourth-order valence-electron chi connectivity index (χ4n) is 7.41. The van der Waals surface area contributed by atoms with E-state index in [-0.39, 0.29) is 22.5 Å². The highest BCUT2D eigenvalue weighted by Crippen LogP contribution is 2.67. The van der Waals surface area contributed by atoms with Crippen LogP contribution < -0.4 is 0 Å². The summed E-state index contributed by atoms with van der Waals surface area (Å²) in [7, 11) is 0. The van der Waals surface area contributed by atoms with Crippen molar-refractivity contribution < 1.29 is 14.7 Å². The lowest BCUT2D eigenvalue weighted by molar-refractivity contribution is -0.156. The normalized spacial score (nSPS) is 52.0. The van der Waals surface area contributed by atoms with E-state index >= 15 is 0 Å². The van der Waals surface area contributed by atoms with Gasteiger partial charge in [0.1, 0.15) is 11.4 Å². The Morgan fingerprint density at radius 2 is 2.00 bits per heavy atom. The zero-order chi connectivity index (χ0) is 18.2. The maximum absolute atomic E-state index is 12.4. The number of rotatable bonds is 1. The van der Waals surface area contributed by atoms with Gasteiger partial charge < -0.3 is 5.11 Å². The van der Waals surface area contributed by atoms with Crippen LogP contribution in [0.1, 0.15) is 72.6 Å². The van der Waals surface area contributed by atoms with Gasteiger partial charge in [0.15, 0.2) is 5.78 Å². The monoisotopic (exact) mass is 344 g/mol. The van der Waals surface area contributed by atoms with Gasteiger partial charge in [-0.25, -0.2) is 0 Å². The predicted molar refractivity (Wildman–Crippen MR) is 96.9 cm³/mol. The van der Waals surface area contributed by atoms with Crippen LogP contribution in [0.25, 0.3) is 0 Å². The predicted octanol–water partition coefficient (Wildman–Crippen LogP) is 4.08. The lowest BCUT2D eigenvalue weighted by atomic mass is 9.48. The molecule has 3 heteroatoms. The molecule has 3 fully saturated rings. The van der Waals surface area contributed by atoms with E-state index in [0.717, 1.165) is 38.5 Å². The van der Waals surface area contributed by atoms with E-state index in [9.17, 15) is 14.7 Å². The molecule has 0 aromatic heterocycles. The highest BCUT2D eigenvalue weighted by atomic mass is 16.3. The molecule has 3 nitrogen and oxygen atoms in total. The first-order valence-electron chi connectivity index (χ1n) is 10.1. The molecule has 138 valence electrons. The Bertz CT molecular complexity index is 664. The Balaban J connectivity index is 1.75. The molecule has 0 radical (unpaired) electrons.